The summed E-state index contributed by atoms with van der Waals surface area (Å²) in [6.45, 7) is 5.73. The van der Waals surface area contributed by atoms with Crippen molar-refractivity contribution in [3.8, 4) is 5.69 Å². The summed E-state index contributed by atoms with van der Waals surface area (Å²) >= 11 is 0. The molecule has 1 heterocycles. The molecule has 0 spiro atoms. The maximum atomic E-state index is 13.7. The number of nitrogens with zero attached hydrogens (tertiary/aromatic N) is 3. The monoisotopic (exact) mass is 567 g/mol. The van der Waals surface area contributed by atoms with Gasteiger partial charge in [-0.25, -0.2) is 13.5 Å². The molecule has 0 aliphatic carbocycles. The molecule has 40 heavy (non-hydrogen) atoms. The van der Waals surface area contributed by atoms with Crippen molar-refractivity contribution in [2.45, 2.75) is 71.1 Å². The van der Waals surface area contributed by atoms with Crippen LogP contribution in [-0.4, -0.2) is 90.7 Å². The number of aliphatic hydroxyl groups is 2. The number of hydrogen-bond acceptors (Lipinski definition) is 5. The summed E-state index contributed by atoms with van der Waals surface area (Å²) in [6, 6.07) is 10.3. The Morgan fingerprint density at radius 3 is 2.27 bits per heavy atom. The van der Waals surface area contributed by atoms with Gasteiger partial charge in [0.05, 0.1) is 24.3 Å². The van der Waals surface area contributed by atoms with E-state index in [-0.39, 0.29) is 78.7 Å². The minimum atomic E-state index is -1.19. The number of rotatable bonds is 12. The zero-order valence-electron chi connectivity index (χ0n) is 22.6. The van der Waals surface area contributed by atoms with Crippen molar-refractivity contribution in [1.82, 2.24) is 14.7 Å². The number of halogens is 2. The van der Waals surface area contributed by atoms with E-state index in [9.17, 15) is 28.6 Å². The molecule has 0 radical (unpaired) electrons. The molecule has 11 heteroatoms. The molecule has 0 saturated heterocycles. The van der Waals surface area contributed by atoms with Crippen molar-refractivity contribution in [3.63, 3.8) is 0 Å². The Morgan fingerprint density at radius 2 is 1.70 bits per heavy atom. The minimum absolute atomic E-state index is 0. The zero-order chi connectivity index (χ0) is 28.9. The summed E-state index contributed by atoms with van der Waals surface area (Å²) in [7, 11) is 1.63. The number of carbonyl (C=O) groups is 2. The van der Waals surface area contributed by atoms with E-state index < -0.39 is 30.4 Å². The Hall–Kier alpha value is -2.63. The van der Waals surface area contributed by atoms with E-state index in [1.54, 1.807) is 42.9 Å². The zero-order valence-corrected chi connectivity index (χ0v) is 22.6. The summed E-state index contributed by atoms with van der Waals surface area (Å²) < 4.78 is 28.9. The van der Waals surface area contributed by atoms with Gasteiger partial charge in [0.2, 0.25) is 0 Å². The van der Waals surface area contributed by atoms with Gasteiger partial charge < -0.3 is 20.2 Å². The van der Waals surface area contributed by atoms with Crippen molar-refractivity contribution in [1.29, 1.82) is 0 Å². The number of carbonyl (C=O) groups excluding carboxylic acids is 1. The third-order valence-electron chi connectivity index (χ3n) is 6.53. The first kappa shape index (κ1) is 33.6. The number of aryl methyl sites for hydroxylation is 1. The van der Waals surface area contributed by atoms with Gasteiger partial charge >= 0.3 is 35.5 Å². The van der Waals surface area contributed by atoms with Gasteiger partial charge in [-0.3, -0.25) is 9.59 Å². The number of aromatic nitrogens is 2. The Morgan fingerprint density at radius 1 is 1.05 bits per heavy atom. The second-order valence-electron chi connectivity index (χ2n) is 10.2. The van der Waals surface area contributed by atoms with Gasteiger partial charge in [-0.1, -0.05) is 26.0 Å². The second kappa shape index (κ2) is 14.8. The number of aliphatic hydroxyl groups excluding tert-OH is 2. The van der Waals surface area contributed by atoms with Crippen molar-refractivity contribution >= 4 is 41.4 Å². The molecule has 2 aromatic carbocycles. The molecule has 1 amide bonds. The van der Waals surface area contributed by atoms with E-state index in [1.807, 2.05) is 13.8 Å². The fraction of sp³-hybridized carbons (Fsp3) is 0.414. The maximum absolute atomic E-state index is 13.7. The van der Waals surface area contributed by atoms with Crippen LogP contribution in [0.1, 0.15) is 71.9 Å². The van der Waals surface area contributed by atoms with Crippen LogP contribution in [0.25, 0.3) is 5.69 Å². The Balaban J connectivity index is 0.00000560. The molecule has 2 unspecified atom stereocenters. The Bertz CT molecular complexity index is 1310. The van der Waals surface area contributed by atoms with E-state index in [4.69, 9.17) is 5.11 Å². The van der Waals surface area contributed by atoms with Crippen LogP contribution in [0.2, 0.25) is 0 Å². The first-order valence-electron chi connectivity index (χ1n) is 12.8. The van der Waals surface area contributed by atoms with E-state index >= 15 is 0 Å². The first-order valence-corrected chi connectivity index (χ1v) is 12.8. The van der Waals surface area contributed by atoms with E-state index in [1.165, 1.54) is 23.1 Å². The molecule has 0 aliphatic heterocycles. The summed E-state index contributed by atoms with van der Waals surface area (Å²) in [5.74, 6) is -2.39. The molecular weight excluding hydrogens is 531 g/mol. The first-order chi connectivity index (χ1) is 18.4. The van der Waals surface area contributed by atoms with Crippen LogP contribution in [0.3, 0.4) is 0 Å². The van der Waals surface area contributed by atoms with Crippen LogP contribution in [0, 0.1) is 18.6 Å². The third-order valence-corrected chi connectivity index (χ3v) is 6.53. The number of hydrogen-bond donors (Lipinski definition) is 3. The predicted octanol–water partition coefficient (Wildman–Crippen LogP) is 3.73. The molecule has 0 bridgehead atoms. The standard InChI is InChI=1S/C29H35F2N3O5.Na.H/c1-17(2)27-25(12-10-22(35)14-23(36)15-26(37)38)34(21-8-6-20(30)7-9-21)32-28(27)29(39)33(4)16-19-5-11-24(31)18(3)13-19;;/h5-9,11,13,17,22-23,35-36H,10,12,14-16H2,1-4H3,(H,37,38);;. The molecule has 1 aromatic heterocycles. The summed E-state index contributed by atoms with van der Waals surface area (Å²) in [5, 5.41) is 33.9. The third kappa shape index (κ3) is 8.68. The van der Waals surface area contributed by atoms with Gasteiger partial charge in [0.25, 0.3) is 5.91 Å². The van der Waals surface area contributed by atoms with Gasteiger partial charge in [0, 0.05) is 24.8 Å². The predicted molar refractivity (Wildman–Crippen MR) is 149 cm³/mol. The van der Waals surface area contributed by atoms with Crippen molar-refractivity contribution in [2.24, 2.45) is 0 Å². The van der Waals surface area contributed by atoms with Crippen molar-refractivity contribution in [2.75, 3.05) is 7.05 Å². The van der Waals surface area contributed by atoms with Crippen LogP contribution in [0.15, 0.2) is 42.5 Å². The normalized spacial score (nSPS) is 12.6. The van der Waals surface area contributed by atoms with Crippen molar-refractivity contribution < 1.29 is 33.7 Å². The van der Waals surface area contributed by atoms with Crippen LogP contribution < -0.4 is 0 Å². The molecular formula is C29H36F2N3NaO5. The summed E-state index contributed by atoms with van der Waals surface area (Å²) in [4.78, 5) is 26.0. The van der Waals surface area contributed by atoms with Gasteiger partial charge in [-0.05, 0) is 73.6 Å². The van der Waals surface area contributed by atoms with Crippen LogP contribution in [-0.2, 0) is 17.8 Å². The number of benzene rings is 2. The van der Waals surface area contributed by atoms with Crippen molar-refractivity contribution in [3.05, 3.63) is 82.2 Å². The second-order valence-corrected chi connectivity index (χ2v) is 10.2. The molecule has 3 N–H and O–H groups in total. The molecule has 2 atom stereocenters. The van der Waals surface area contributed by atoms with Crippen LogP contribution >= 0.6 is 0 Å². The quantitative estimate of drug-likeness (QED) is 0.288. The Kier molecular flexibility index (Phi) is 12.5. The van der Waals surface area contributed by atoms with Crippen LogP contribution in [0.5, 0.6) is 0 Å². The average molecular weight is 568 g/mol. The van der Waals surface area contributed by atoms with Gasteiger partial charge in [0.15, 0.2) is 5.69 Å². The number of amides is 1. The molecule has 8 nitrogen and oxygen atoms in total. The average Bonchev–Trinajstić information content (AvgIpc) is 3.24. The Labute approximate surface area is 254 Å². The summed E-state index contributed by atoms with van der Waals surface area (Å²) in [5.41, 5.74) is 3.31. The molecule has 0 fully saturated rings. The summed E-state index contributed by atoms with van der Waals surface area (Å²) in [6.07, 6.45) is -2.31. The fourth-order valence-corrected chi connectivity index (χ4v) is 4.62. The molecule has 0 aliphatic rings. The fourth-order valence-electron chi connectivity index (χ4n) is 4.62. The number of carboxylic acids is 1. The van der Waals surface area contributed by atoms with E-state index in [2.05, 4.69) is 5.10 Å². The molecule has 212 valence electrons. The number of aliphatic carboxylic acids is 1. The molecule has 0 saturated carbocycles. The van der Waals surface area contributed by atoms with Gasteiger partial charge in [-0.2, -0.15) is 5.10 Å². The topological polar surface area (TPSA) is 116 Å². The van der Waals surface area contributed by atoms with Gasteiger partial charge in [0.1, 0.15) is 11.6 Å². The SMILES string of the molecule is Cc1cc(CN(C)C(=O)c2nn(-c3ccc(F)cc3)c(CCC(O)CC(O)CC(=O)O)c2C(C)C)ccc1F.[NaH]. The number of carboxylic acid groups (broad SMARTS) is 1. The molecule has 3 rings (SSSR count). The van der Waals surface area contributed by atoms with E-state index in [0.717, 1.165) is 5.56 Å². The van der Waals surface area contributed by atoms with Crippen LogP contribution in [0.4, 0.5) is 8.78 Å². The van der Waals surface area contributed by atoms with E-state index in [0.29, 0.717) is 22.5 Å². The van der Waals surface area contributed by atoms with Gasteiger partial charge in [-0.15, -0.1) is 0 Å². The molecule has 3 aromatic rings.